The number of nitrogens with zero attached hydrogens (tertiary/aromatic N) is 1. The van der Waals surface area contributed by atoms with Crippen molar-refractivity contribution in [3.63, 3.8) is 0 Å². The van der Waals surface area contributed by atoms with E-state index in [4.69, 9.17) is 25.8 Å². The van der Waals surface area contributed by atoms with Crippen molar-refractivity contribution in [1.29, 1.82) is 0 Å². The number of halogens is 1. The topological polar surface area (TPSA) is 94.2 Å². The quantitative estimate of drug-likeness (QED) is 0.552. The van der Waals surface area contributed by atoms with E-state index in [1.54, 1.807) is 18.2 Å². The minimum atomic E-state index is -3.76. The Labute approximate surface area is 181 Å². The van der Waals surface area contributed by atoms with E-state index in [0.29, 0.717) is 17.2 Å². The first kappa shape index (κ1) is 23.6. The summed E-state index contributed by atoms with van der Waals surface area (Å²) >= 11 is 6.12. The van der Waals surface area contributed by atoms with Crippen molar-refractivity contribution in [3.05, 3.63) is 47.5 Å². The van der Waals surface area contributed by atoms with Crippen molar-refractivity contribution in [1.82, 2.24) is 5.32 Å². The largest absolute Gasteiger partial charge is 0.495 e. The predicted molar refractivity (Wildman–Crippen MR) is 116 cm³/mol. The molecular formula is C20H25ClN2O6S. The Morgan fingerprint density at radius 3 is 2.30 bits per heavy atom. The van der Waals surface area contributed by atoms with Crippen molar-refractivity contribution in [3.8, 4) is 17.2 Å². The van der Waals surface area contributed by atoms with Crippen LogP contribution in [0.25, 0.3) is 0 Å². The molecule has 0 aliphatic heterocycles. The van der Waals surface area contributed by atoms with Crippen LogP contribution in [0.4, 0.5) is 5.69 Å². The van der Waals surface area contributed by atoms with Crippen molar-refractivity contribution >= 4 is 33.2 Å². The Hall–Kier alpha value is -2.65. The van der Waals surface area contributed by atoms with E-state index in [9.17, 15) is 13.2 Å². The molecule has 30 heavy (non-hydrogen) atoms. The summed E-state index contributed by atoms with van der Waals surface area (Å²) in [5.74, 6) is 1.06. The molecule has 0 radical (unpaired) electrons. The van der Waals surface area contributed by atoms with E-state index in [-0.39, 0.29) is 23.9 Å². The first-order chi connectivity index (χ1) is 14.2. The maximum Gasteiger partial charge on any atom is 0.243 e. The summed E-state index contributed by atoms with van der Waals surface area (Å²) in [5.41, 5.74) is 0.260. The molecule has 0 aromatic heterocycles. The standard InChI is InChI=1S/C20H25ClN2O6S/c1-14(20(24)22-11-12-29-19-8-6-5-7-18(19)28-3)23(30(4,25)26)15-9-10-17(27-2)16(21)13-15/h5-10,13-14H,11-12H2,1-4H3,(H,22,24). The van der Waals surface area contributed by atoms with E-state index >= 15 is 0 Å². The number of para-hydroxylation sites is 2. The molecule has 1 atom stereocenters. The molecule has 0 bridgehead atoms. The molecule has 0 aliphatic carbocycles. The molecule has 1 amide bonds. The van der Waals surface area contributed by atoms with Gasteiger partial charge in [0.25, 0.3) is 0 Å². The molecule has 164 valence electrons. The third-order valence-corrected chi connectivity index (χ3v) is 5.74. The summed E-state index contributed by atoms with van der Waals surface area (Å²) in [6.07, 6.45) is 1.03. The number of ether oxygens (including phenoxy) is 3. The van der Waals surface area contributed by atoms with Gasteiger partial charge < -0.3 is 19.5 Å². The molecule has 1 N–H and O–H groups in total. The van der Waals surface area contributed by atoms with Gasteiger partial charge in [-0.05, 0) is 37.3 Å². The molecule has 2 aromatic carbocycles. The number of methoxy groups -OCH3 is 2. The van der Waals surface area contributed by atoms with Crippen LogP contribution in [-0.4, -0.2) is 54.0 Å². The number of anilines is 1. The zero-order valence-corrected chi connectivity index (χ0v) is 18.8. The molecule has 0 spiro atoms. The maximum absolute atomic E-state index is 12.6. The van der Waals surface area contributed by atoms with Crippen LogP contribution in [0, 0.1) is 0 Å². The Kier molecular flexibility index (Phi) is 8.19. The van der Waals surface area contributed by atoms with Crippen molar-refractivity contribution < 1.29 is 27.4 Å². The van der Waals surface area contributed by atoms with Crippen LogP contribution in [0.3, 0.4) is 0 Å². The monoisotopic (exact) mass is 456 g/mol. The normalized spacial score (nSPS) is 12.0. The van der Waals surface area contributed by atoms with Gasteiger partial charge in [0.15, 0.2) is 11.5 Å². The molecule has 0 fully saturated rings. The fraction of sp³-hybridized carbons (Fsp3) is 0.350. The lowest BCUT2D eigenvalue weighted by Gasteiger charge is -2.28. The Morgan fingerprint density at radius 1 is 1.10 bits per heavy atom. The SMILES string of the molecule is COc1ccc(N(C(C)C(=O)NCCOc2ccccc2OC)S(C)(=O)=O)cc1Cl. The number of hydrogen-bond acceptors (Lipinski definition) is 6. The number of carbonyl (C=O) groups excluding carboxylic acids is 1. The molecule has 0 saturated heterocycles. The first-order valence-corrected chi connectivity index (χ1v) is 11.3. The minimum absolute atomic E-state index is 0.183. The number of sulfonamides is 1. The molecule has 0 saturated carbocycles. The number of benzene rings is 2. The van der Waals surface area contributed by atoms with E-state index in [2.05, 4.69) is 5.32 Å². The molecular weight excluding hydrogens is 432 g/mol. The summed E-state index contributed by atoms with van der Waals surface area (Å²) in [6.45, 7) is 1.86. The average Bonchev–Trinajstić information content (AvgIpc) is 2.70. The predicted octanol–water partition coefficient (Wildman–Crippen LogP) is 2.71. The Morgan fingerprint density at radius 2 is 1.73 bits per heavy atom. The van der Waals surface area contributed by atoms with Crippen LogP contribution in [0.15, 0.2) is 42.5 Å². The summed E-state index contributed by atoms with van der Waals surface area (Å²) in [4.78, 5) is 12.6. The van der Waals surface area contributed by atoms with E-state index in [1.165, 1.54) is 33.3 Å². The molecule has 0 aliphatic rings. The lowest BCUT2D eigenvalue weighted by molar-refractivity contribution is -0.121. The van der Waals surface area contributed by atoms with Crippen molar-refractivity contribution in [2.45, 2.75) is 13.0 Å². The van der Waals surface area contributed by atoms with Gasteiger partial charge in [-0.1, -0.05) is 23.7 Å². The number of hydrogen-bond donors (Lipinski definition) is 1. The fourth-order valence-electron chi connectivity index (χ4n) is 2.82. The van der Waals surface area contributed by atoms with Crippen LogP contribution < -0.4 is 23.8 Å². The number of amides is 1. The van der Waals surface area contributed by atoms with Crippen LogP contribution in [-0.2, 0) is 14.8 Å². The van der Waals surface area contributed by atoms with Gasteiger partial charge in [-0.15, -0.1) is 0 Å². The minimum Gasteiger partial charge on any atom is -0.495 e. The molecule has 0 heterocycles. The van der Waals surface area contributed by atoms with E-state index < -0.39 is 22.0 Å². The molecule has 10 heteroatoms. The van der Waals surface area contributed by atoms with Crippen molar-refractivity contribution in [2.24, 2.45) is 0 Å². The van der Waals surface area contributed by atoms with Gasteiger partial charge >= 0.3 is 0 Å². The highest BCUT2D eigenvalue weighted by molar-refractivity contribution is 7.92. The number of carbonyl (C=O) groups is 1. The second kappa shape index (κ2) is 10.4. The Bertz CT molecular complexity index is 983. The van der Waals surface area contributed by atoms with E-state index in [0.717, 1.165) is 10.6 Å². The molecule has 2 aromatic rings. The fourth-order valence-corrected chi connectivity index (χ4v) is 4.24. The zero-order chi connectivity index (χ0) is 22.3. The van der Waals surface area contributed by atoms with Crippen LogP contribution in [0.2, 0.25) is 5.02 Å². The van der Waals surface area contributed by atoms with Gasteiger partial charge in [0.05, 0.1) is 37.7 Å². The smallest absolute Gasteiger partial charge is 0.243 e. The highest BCUT2D eigenvalue weighted by atomic mass is 35.5. The third-order valence-electron chi connectivity index (χ3n) is 4.21. The Balaban J connectivity index is 2.04. The summed E-state index contributed by atoms with van der Waals surface area (Å²) in [6, 6.07) is 10.7. The van der Waals surface area contributed by atoms with Crippen LogP contribution in [0.1, 0.15) is 6.92 Å². The van der Waals surface area contributed by atoms with Gasteiger partial charge in [0, 0.05) is 0 Å². The van der Waals surface area contributed by atoms with Gasteiger partial charge in [0.1, 0.15) is 18.4 Å². The third kappa shape index (κ3) is 5.93. The summed E-state index contributed by atoms with van der Waals surface area (Å²) in [7, 11) is -0.761. The van der Waals surface area contributed by atoms with Crippen molar-refractivity contribution in [2.75, 3.05) is 37.9 Å². The van der Waals surface area contributed by atoms with E-state index in [1.807, 2.05) is 12.1 Å². The van der Waals surface area contributed by atoms with Gasteiger partial charge in [-0.2, -0.15) is 0 Å². The first-order valence-electron chi connectivity index (χ1n) is 9.05. The summed E-state index contributed by atoms with van der Waals surface area (Å²) in [5, 5.41) is 2.92. The second-order valence-corrected chi connectivity index (χ2v) is 8.61. The van der Waals surface area contributed by atoms with Gasteiger partial charge in [-0.3, -0.25) is 9.10 Å². The highest BCUT2D eigenvalue weighted by Crippen LogP contribution is 2.31. The zero-order valence-electron chi connectivity index (χ0n) is 17.2. The van der Waals surface area contributed by atoms with Gasteiger partial charge in [0.2, 0.25) is 15.9 Å². The molecule has 1 unspecified atom stereocenters. The summed E-state index contributed by atoms with van der Waals surface area (Å²) < 4.78 is 41.6. The lowest BCUT2D eigenvalue weighted by atomic mass is 10.2. The molecule has 2 rings (SSSR count). The second-order valence-electron chi connectivity index (χ2n) is 6.34. The number of rotatable bonds is 10. The average molecular weight is 457 g/mol. The van der Waals surface area contributed by atoms with Crippen LogP contribution in [0.5, 0.6) is 17.2 Å². The van der Waals surface area contributed by atoms with Crippen LogP contribution >= 0.6 is 11.6 Å². The highest BCUT2D eigenvalue weighted by Gasteiger charge is 2.29. The lowest BCUT2D eigenvalue weighted by Crippen LogP contribution is -2.48. The molecule has 8 nitrogen and oxygen atoms in total. The van der Waals surface area contributed by atoms with Gasteiger partial charge in [-0.25, -0.2) is 8.42 Å². The number of nitrogens with one attached hydrogen (secondary N) is 1. The maximum atomic E-state index is 12.6.